The zero-order valence-corrected chi connectivity index (χ0v) is 24.7. The molecular weight excluding hydrogens is 580 g/mol. The maximum Gasteiger partial charge on any atom is 0.264 e. The summed E-state index contributed by atoms with van der Waals surface area (Å²) < 4.78 is 38.6. The van der Waals surface area contributed by atoms with E-state index in [9.17, 15) is 18.0 Å². The fourth-order valence-electron chi connectivity index (χ4n) is 4.51. The summed E-state index contributed by atoms with van der Waals surface area (Å²) in [6.45, 7) is -0.616. The molecule has 12 heteroatoms. The lowest BCUT2D eigenvalue weighted by Gasteiger charge is -2.24. The summed E-state index contributed by atoms with van der Waals surface area (Å²) in [6.07, 6.45) is 6.92. The summed E-state index contributed by atoms with van der Waals surface area (Å²) >= 11 is 6.24. The highest BCUT2D eigenvalue weighted by atomic mass is 35.5. The Hall–Kier alpha value is -4.09. The molecule has 1 aliphatic carbocycles. The zero-order valence-electron chi connectivity index (χ0n) is 23.2. The number of carbonyl (C=O) groups excluding carboxylic acids is 2. The molecule has 0 unspecified atom stereocenters. The maximum absolute atomic E-state index is 13.5. The molecule has 4 rings (SSSR count). The third-order valence-electron chi connectivity index (χ3n) is 6.66. The molecule has 222 valence electrons. The van der Waals surface area contributed by atoms with E-state index in [0.29, 0.717) is 17.1 Å². The summed E-state index contributed by atoms with van der Waals surface area (Å²) in [4.78, 5) is 25.0. The number of nitrogens with one attached hydrogen (secondary N) is 2. The molecule has 3 aromatic carbocycles. The first-order chi connectivity index (χ1) is 20.3. The van der Waals surface area contributed by atoms with Crippen LogP contribution in [0.3, 0.4) is 0 Å². The number of rotatable bonds is 12. The Balaban J connectivity index is 1.35. The second kappa shape index (κ2) is 14.7. The molecule has 10 nitrogen and oxygen atoms in total. The average Bonchev–Trinajstić information content (AvgIpc) is 3.00. The van der Waals surface area contributed by atoms with Crippen LogP contribution in [0.15, 0.2) is 82.8 Å². The van der Waals surface area contributed by atoms with Crippen molar-refractivity contribution in [3.05, 3.63) is 83.4 Å². The van der Waals surface area contributed by atoms with Gasteiger partial charge in [0.1, 0.15) is 18.0 Å². The maximum atomic E-state index is 13.5. The predicted molar refractivity (Wildman–Crippen MR) is 162 cm³/mol. The summed E-state index contributed by atoms with van der Waals surface area (Å²) in [5.41, 5.74) is 3.21. The van der Waals surface area contributed by atoms with Crippen LogP contribution < -0.4 is 24.5 Å². The smallest absolute Gasteiger partial charge is 0.264 e. The predicted octanol–water partition coefficient (Wildman–Crippen LogP) is 4.52. The van der Waals surface area contributed by atoms with Gasteiger partial charge >= 0.3 is 0 Å². The van der Waals surface area contributed by atoms with Crippen LogP contribution in [0.2, 0.25) is 5.02 Å². The number of amides is 2. The van der Waals surface area contributed by atoms with Crippen molar-refractivity contribution in [2.24, 2.45) is 5.10 Å². The summed E-state index contributed by atoms with van der Waals surface area (Å²) in [5.74, 6) is 0.0812. The highest BCUT2D eigenvalue weighted by Crippen LogP contribution is 2.31. The SMILES string of the molecule is COc1ccc(N(CC(=O)N/N=C\c2ccc(OCC(=O)NC3CCCCC3)cc2)S(=O)(=O)c2ccccc2)cc1Cl. The molecule has 0 saturated heterocycles. The van der Waals surface area contributed by atoms with E-state index in [1.807, 2.05) is 0 Å². The number of ether oxygens (including phenoxy) is 2. The normalized spacial score (nSPS) is 13.9. The van der Waals surface area contributed by atoms with Crippen LogP contribution in [0.5, 0.6) is 11.5 Å². The van der Waals surface area contributed by atoms with Crippen LogP contribution in [-0.4, -0.2) is 52.8 Å². The molecule has 42 heavy (non-hydrogen) atoms. The topological polar surface area (TPSA) is 126 Å². The van der Waals surface area contributed by atoms with Crippen molar-refractivity contribution < 1.29 is 27.5 Å². The first kappa shape index (κ1) is 30.9. The number of anilines is 1. The standard InChI is InChI=1S/C30H33ClN4O6S/c1-40-28-17-14-24(18-27(28)31)35(42(38,39)26-10-6-3-7-11-26)20-29(36)34-32-19-22-12-15-25(16-13-22)41-21-30(37)33-23-8-4-2-5-9-23/h3,6-7,10-19,23H,2,4-5,8-9,20-21H2,1H3,(H,33,37)(H,34,36)/b32-19-. The molecule has 3 aromatic rings. The number of hydrazone groups is 1. The zero-order chi connectivity index (χ0) is 30.0. The van der Waals surface area contributed by atoms with Gasteiger partial charge in [0.25, 0.3) is 21.8 Å². The van der Waals surface area contributed by atoms with Crippen molar-refractivity contribution in [3.8, 4) is 11.5 Å². The van der Waals surface area contributed by atoms with Gasteiger partial charge in [0.2, 0.25) is 0 Å². The number of methoxy groups -OCH3 is 1. The molecule has 1 aliphatic rings. The van der Waals surface area contributed by atoms with Gasteiger partial charge in [-0.2, -0.15) is 5.10 Å². The first-order valence-electron chi connectivity index (χ1n) is 13.5. The van der Waals surface area contributed by atoms with E-state index in [4.69, 9.17) is 21.1 Å². The fraction of sp³-hybridized carbons (Fsp3) is 0.300. The molecule has 2 N–H and O–H groups in total. The molecule has 1 fully saturated rings. The van der Waals surface area contributed by atoms with Crippen LogP contribution in [0, 0.1) is 0 Å². The Morgan fingerprint density at radius 2 is 1.71 bits per heavy atom. The molecule has 1 saturated carbocycles. The van der Waals surface area contributed by atoms with Crippen molar-refractivity contribution in [3.63, 3.8) is 0 Å². The van der Waals surface area contributed by atoms with Crippen LogP contribution >= 0.6 is 11.6 Å². The number of sulfonamides is 1. The van der Waals surface area contributed by atoms with Crippen LogP contribution in [0.4, 0.5) is 5.69 Å². The molecule has 0 heterocycles. The monoisotopic (exact) mass is 612 g/mol. The van der Waals surface area contributed by atoms with Crippen LogP contribution in [0.1, 0.15) is 37.7 Å². The van der Waals surface area contributed by atoms with Crippen molar-refractivity contribution in [2.45, 2.75) is 43.0 Å². The number of carbonyl (C=O) groups is 2. The Labute approximate surface area is 250 Å². The van der Waals surface area contributed by atoms with E-state index in [1.165, 1.54) is 50.1 Å². The molecule has 0 spiro atoms. The van der Waals surface area contributed by atoms with Gasteiger partial charge in [-0.15, -0.1) is 0 Å². The Kier molecular flexibility index (Phi) is 10.8. The Morgan fingerprint density at radius 1 is 1.00 bits per heavy atom. The molecule has 0 radical (unpaired) electrons. The summed E-state index contributed by atoms with van der Waals surface area (Å²) in [7, 11) is -2.66. The van der Waals surface area contributed by atoms with Gasteiger partial charge in [-0.05, 0) is 73.0 Å². The molecular formula is C30H33ClN4O6S. The number of hydrogen-bond acceptors (Lipinski definition) is 7. The summed E-state index contributed by atoms with van der Waals surface area (Å²) in [5, 5.41) is 7.16. The van der Waals surface area contributed by atoms with E-state index in [2.05, 4.69) is 15.8 Å². The molecule has 0 bridgehead atoms. The second-order valence-electron chi connectivity index (χ2n) is 9.70. The molecule has 2 amide bonds. The van der Waals surface area contributed by atoms with Crippen molar-refractivity contribution in [2.75, 3.05) is 24.6 Å². The van der Waals surface area contributed by atoms with Gasteiger partial charge in [-0.3, -0.25) is 13.9 Å². The largest absolute Gasteiger partial charge is 0.495 e. The van der Waals surface area contributed by atoms with Crippen LogP contribution in [0.25, 0.3) is 0 Å². The van der Waals surface area contributed by atoms with Crippen molar-refractivity contribution >= 4 is 45.3 Å². The Morgan fingerprint density at radius 3 is 2.38 bits per heavy atom. The summed E-state index contributed by atoms with van der Waals surface area (Å²) in [6, 6.07) is 19.3. The molecule has 0 aliphatic heterocycles. The fourth-order valence-corrected chi connectivity index (χ4v) is 6.19. The number of hydrogen-bond donors (Lipinski definition) is 2. The first-order valence-corrected chi connectivity index (χ1v) is 15.3. The number of benzene rings is 3. The lowest BCUT2D eigenvalue weighted by atomic mass is 9.95. The van der Waals surface area contributed by atoms with Gasteiger partial charge in [0.15, 0.2) is 6.61 Å². The van der Waals surface area contributed by atoms with E-state index in [-0.39, 0.29) is 34.2 Å². The van der Waals surface area contributed by atoms with E-state index in [0.717, 1.165) is 30.0 Å². The Bertz CT molecular complexity index is 1490. The van der Waals surface area contributed by atoms with Gasteiger partial charge in [0, 0.05) is 6.04 Å². The minimum absolute atomic E-state index is 0.0158. The van der Waals surface area contributed by atoms with Gasteiger partial charge in [0.05, 0.1) is 28.9 Å². The quantitative estimate of drug-likeness (QED) is 0.229. The van der Waals surface area contributed by atoms with E-state index < -0.39 is 22.5 Å². The van der Waals surface area contributed by atoms with Gasteiger partial charge in [-0.1, -0.05) is 49.1 Å². The third-order valence-corrected chi connectivity index (χ3v) is 8.75. The highest BCUT2D eigenvalue weighted by molar-refractivity contribution is 7.92. The molecule has 0 aromatic heterocycles. The van der Waals surface area contributed by atoms with Crippen molar-refractivity contribution in [1.82, 2.24) is 10.7 Å². The molecule has 0 atom stereocenters. The van der Waals surface area contributed by atoms with E-state index >= 15 is 0 Å². The lowest BCUT2D eigenvalue weighted by molar-refractivity contribution is -0.124. The number of nitrogens with zero attached hydrogens (tertiary/aromatic N) is 2. The minimum Gasteiger partial charge on any atom is -0.495 e. The van der Waals surface area contributed by atoms with Crippen molar-refractivity contribution in [1.29, 1.82) is 0 Å². The van der Waals surface area contributed by atoms with E-state index in [1.54, 1.807) is 42.5 Å². The van der Waals surface area contributed by atoms with Gasteiger partial charge < -0.3 is 14.8 Å². The second-order valence-corrected chi connectivity index (χ2v) is 12.0. The van der Waals surface area contributed by atoms with Gasteiger partial charge in [-0.25, -0.2) is 13.8 Å². The minimum atomic E-state index is -4.11. The number of halogens is 1. The van der Waals surface area contributed by atoms with Crippen LogP contribution in [-0.2, 0) is 19.6 Å². The average molecular weight is 613 g/mol. The lowest BCUT2D eigenvalue weighted by Crippen LogP contribution is -2.39. The third kappa shape index (κ3) is 8.46. The highest BCUT2D eigenvalue weighted by Gasteiger charge is 2.27.